The number of carbonyl (C=O) groups excluding carboxylic acids is 1. The molecule has 2 atom stereocenters. The van der Waals surface area contributed by atoms with E-state index in [1.54, 1.807) is 12.1 Å². The quantitative estimate of drug-likeness (QED) is 0.869. The molecule has 0 aliphatic carbocycles. The molecule has 1 aliphatic rings. The van der Waals surface area contributed by atoms with Crippen molar-refractivity contribution in [2.24, 2.45) is 5.92 Å². The number of pyridine rings is 1. The van der Waals surface area contributed by atoms with Crippen LogP contribution in [0.5, 0.6) is 0 Å². The molecule has 0 bridgehead atoms. The Morgan fingerprint density at radius 2 is 2.40 bits per heavy atom. The minimum Gasteiger partial charge on any atom is -0.348 e. The van der Waals surface area contributed by atoms with Gasteiger partial charge in [0.05, 0.1) is 5.56 Å². The predicted molar refractivity (Wildman–Crippen MR) is 81.0 cm³/mol. The molecule has 1 saturated heterocycles. The van der Waals surface area contributed by atoms with Gasteiger partial charge in [-0.3, -0.25) is 4.79 Å². The van der Waals surface area contributed by atoms with Crippen molar-refractivity contribution < 1.29 is 4.79 Å². The third-order valence-corrected chi connectivity index (χ3v) is 3.86. The van der Waals surface area contributed by atoms with Gasteiger partial charge in [-0.05, 0) is 44.4 Å². The Morgan fingerprint density at radius 1 is 1.60 bits per heavy atom. The van der Waals surface area contributed by atoms with Gasteiger partial charge in [-0.2, -0.15) is 0 Å². The molecule has 5 heteroatoms. The Hall–Kier alpha value is -1.13. The van der Waals surface area contributed by atoms with Crippen molar-refractivity contribution in [3.63, 3.8) is 0 Å². The zero-order chi connectivity index (χ0) is 14.5. The molecule has 1 aromatic heterocycles. The number of nitrogens with zero attached hydrogens (tertiary/aromatic N) is 2. The topological polar surface area (TPSA) is 45.2 Å². The van der Waals surface area contributed by atoms with Gasteiger partial charge in [0.2, 0.25) is 0 Å². The van der Waals surface area contributed by atoms with Gasteiger partial charge >= 0.3 is 0 Å². The molecule has 2 rings (SSSR count). The van der Waals surface area contributed by atoms with Crippen LogP contribution < -0.4 is 5.32 Å². The third-order valence-electron chi connectivity index (χ3n) is 3.64. The summed E-state index contributed by atoms with van der Waals surface area (Å²) >= 11 is 5.72. The van der Waals surface area contributed by atoms with Crippen molar-refractivity contribution in [3.05, 3.63) is 29.0 Å². The van der Waals surface area contributed by atoms with Crippen LogP contribution in [0, 0.1) is 5.92 Å². The van der Waals surface area contributed by atoms with Crippen LogP contribution in [-0.2, 0) is 0 Å². The highest BCUT2D eigenvalue weighted by molar-refractivity contribution is 6.29. The van der Waals surface area contributed by atoms with Gasteiger partial charge < -0.3 is 10.2 Å². The fourth-order valence-electron chi connectivity index (χ4n) is 2.70. The first-order valence-corrected chi connectivity index (χ1v) is 7.57. The molecular weight excluding hydrogens is 274 g/mol. The number of aromatic nitrogens is 1. The Bertz CT molecular complexity index is 449. The van der Waals surface area contributed by atoms with Crippen molar-refractivity contribution in [1.29, 1.82) is 0 Å². The SMILES string of the molecule is C[C@@H]1CCCN(C[C@@H](C)NC(=O)c2ccc(Cl)nc2)C1. The molecule has 20 heavy (non-hydrogen) atoms. The number of likely N-dealkylation sites (tertiary alicyclic amines) is 1. The summed E-state index contributed by atoms with van der Waals surface area (Å²) < 4.78 is 0. The number of carbonyl (C=O) groups is 1. The molecule has 2 heterocycles. The normalized spacial score (nSPS) is 21.4. The third kappa shape index (κ3) is 4.46. The summed E-state index contributed by atoms with van der Waals surface area (Å²) in [6.45, 7) is 7.49. The Kier molecular flexibility index (Phi) is 5.38. The van der Waals surface area contributed by atoms with Crippen LogP contribution in [0.1, 0.15) is 37.0 Å². The van der Waals surface area contributed by atoms with Crippen LogP contribution in [0.15, 0.2) is 18.3 Å². The van der Waals surface area contributed by atoms with Crippen LogP contribution in [0.25, 0.3) is 0 Å². The Labute approximate surface area is 125 Å². The van der Waals surface area contributed by atoms with Crippen molar-refractivity contribution in [2.45, 2.75) is 32.7 Å². The minimum atomic E-state index is -0.0910. The summed E-state index contributed by atoms with van der Waals surface area (Å²) in [5.74, 6) is 0.666. The van der Waals surface area contributed by atoms with E-state index in [0.717, 1.165) is 25.6 Å². The molecule has 0 unspecified atom stereocenters. The summed E-state index contributed by atoms with van der Waals surface area (Å²) in [5.41, 5.74) is 0.549. The van der Waals surface area contributed by atoms with Crippen LogP contribution in [-0.4, -0.2) is 41.5 Å². The number of hydrogen-bond donors (Lipinski definition) is 1. The van der Waals surface area contributed by atoms with E-state index in [9.17, 15) is 4.79 Å². The molecule has 1 aromatic rings. The molecule has 0 saturated carbocycles. The smallest absolute Gasteiger partial charge is 0.253 e. The maximum Gasteiger partial charge on any atom is 0.253 e. The van der Waals surface area contributed by atoms with Crippen LogP contribution in [0.3, 0.4) is 0 Å². The van der Waals surface area contributed by atoms with Gasteiger partial charge in [0.15, 0.2) is 0 Å². The summed E-state index contributed by atoms with van der Waals surface area (Å²) in [6, 6.07) is 3.46. The lowest BCUT2D eigenvalue weighted by Crippen LogP contribution is -2.45. The maximum absolute atomic E-state index is 12.1. The van der Waals surface area contributed by atoms with Gasteiger partial charge in [0.1, 0.15) is 5.15 Å². The van der Waals surface area contributed by atoms with Crippen LogP contribution in [0.2, 0.25) is 5.15 Å². The summed E-state index contributed by atoms with van der Waals surface area (Å²) in [5, 5.41) is 3.41. The zero-order valence-electron chi connectivity index (χ0n) is 12.1. The molecule has 1 aliphatic heterocycles. The number of piperidine rings is 1. The van der Waals surface area contributed by atoms with E-state index in [4.69, 9.17) is 11.6 Å². The molecule has 110 valence electrons. The van der Waals surface area contributed by atoms with E-state index >= 15 is 0 Å². The van der Waals surface area contributed by atoms with Crippen LogP contribution >= 0.6 is 11.6 Å². The van der Waals surface area contributed by atoms with Crippen molar-refractivity contribution in [2.75, 3.05) is 19.6 Å². The molecule has 1 fully saturated rings. The van der Waals surface area contributed by atoms with Crippen molar-refractivity contribution >= 4 is 17.5 Å². The highest BCUT2D eigenvalue weighted by atomic mass is 35.5. The van der Waals surface area contributed by atoms with Gasteiger partial charge in [0, 0.05) is 25.3 Å². The highest BCUT2D eigenvalue weighted by Crippen LogP contribution is 2.15. The van der Waals surface area contributed by atoms with E-state index in [0.29, 0.717) is 10.7 Å². The monoisotopic (exact) mass is 295 g/mol. The van der Waals surface area contributed by atoms with Crippen LogP contribution in [0.4, 0.5) is 0 Å². The highest BCUT2D eigenvalue weighted by Gasteiger charge is 2.19. The van der Waals surface area contributed by atoms with Gasteiger partial charge in [-0.15, -0.1) is 0 Å². The van der Waals surface area contributed by atoms with E-state index in [1.807, 2.05) is 6.92 Å². The second-order valence-corrected chi connectivity index (χ2v) is 6.14. The Balaban J connectivity index is 1.83. The Morgan fingerprint density at radius 3 is 3.05 bits per heavy atom. The number of rotatable bonds is 4. The first-order valence-electron chi connectivity index (χ1n) is 7.19. The van der Waals surface area contributed by atoms with E-state index in [2.05, 4.69) is 22.1 Å². The molecule has 1 amide bonds. The molecule has 0 radical (unpaired) electrons. The lowest BCUT2D eigenvalue weighted by molar-refractivity contribution is 0.0919. The van der Waals surface area contributed by atoms with Crippen molar-refractivity contribution in [3.8, 4) is 0 Å². The van der Waals surface area contributed by atoms with E-state index in [-0.39, 0.29) is 11.9 Å². The molecule has 0 spiro atoms. The average molecular weight is 296 g/mol. The number of amides is 1. The second-order valence-electron chi connectivity index (χ2n) is 5.75. The average Bonchev–Trinajstić information content (AvgIpc) is 2.39. The van der Waals surface area contributed by atoms with Gasteiger partial charge in [0.25, 0.3) is 5.91 Å². The largest absolute Gasteiger partial charge is 0.348 e. The number of hydrogen-bond acceptors (Lipinski definition) is 3. The van der Waals surface area contributed by atoms with E-state index < -0.39 is 0 Å². The first-order chi connectivity index (χ1) is 9.54. The fourth-order valence-corrected chi connectivity index (χ4v) is 2.81. The molecule has 0 aromatic carbocycles. The summed E-state index contributed by atoms with van der Waals surface area (Å²) in [6.07, 6.45) is 4.07. The van der Waals surface area contributed by atoms with Gasteiger partial charge in [-0.25, -0.2) is 4.98 Å². The zero-order valence-corrected chi connectivity index (χ0v) is 12.9. The summed E-state index contributed by atoms with van der Waals surface area (Å²) in [7, 11) is 0. The molecule has 4 nitrogen and oxygen atoms in total. The number of halogens is 1. The van der Waals surface area contributed by atoms with E-state index in [1.165, 1.54) is 19.0 Å². The molecular formula is C15H22ClN3O. The fraction of sp³-hybridized carbons (Fsp3) is 0.600. The first kappa shape index (κ1) is 15.3. The lowest BCUT2D eigenvalue weighted by Gasteiger charge is -2.32. The number of nitrogens with one attached hydrogen (secondary N) is 1. The predicted octanol–water partition coefficient (Wildman–Crippen LogP) is 2.59. The summed E-state index contributed by atoms with van der Waals surface area (Å²) in [4.78, 5) is 18.4. The lowest BCUT2D eigenvalue weighted by atomic mass is 10.00. The maximum atomic E-state index is 12.1. The minimum absolute atomic E-state index is 0.0910. The molecule has 1 N–H and O–H groups in total. The van der Waals surface area contributed by atoms with Gasteiger partial charge in [-0.1, -0.05) is 18.5 Å². The standard InChI is InChI=1S/C15H22ClN3O/c1-11-4-3-7-19(9-11)10-12(2)18-15(20)13-5-6-14(16)17-8-13/h5-6,8,11-12H,3-4,7,9-10H2,1-2H3,(H,18,20)/t11-,12-/m1/s1. The second kappa shape index (κ2) is 7.04. The van der Waals surface area contributed by atoms with Crippen molar-refractivity contribution in [1.82, 2.24) is 15.2 Å².